The lowest BCUT2D eigenvalue weighted by Gasteiger charge is -2.35. The summed E-state index contributed by atoms with van der Waals surface area (Å²) in [5, 5.41) is 0. The van der Waals surface area contributed by atoms with Crippen LogP contribution in [0.4, 0.5) is 5.69 Å². The van der Waals surface area contributed by atoms with Gasteiger partial charge >= 0.3 is 5.91 Å². The van der Waals surface area contributed by atoms with E-state index in [0.717, 1.165) is 13.1 Å². The summed E-state index contributed by atoms with van der Waals surface area (Å²) in [6, 6.07) is 8.40. The molecular weight excluding hydrogens is 226 g/mol. The fourth-order valence-corrected chi connectivity index (χ4v) is 2.21. The Kier molecular flexibility index (Phi) is 3.83. The second kappa shape index (κ2) is 5.54. The lowest BCUT2D eigenvalue weighted by molar-refractivity contribution is -0.129. The smallest absolute Gasteiger partial charge is 0.302 e. The summed E-state index contributed by atoms with van der Waals surface area (Å²) in [5.74, 6) is -0.0473. The predicted octanol–water partition coefficient (Wildman–Crippen LogP) is 1.56. The zero-order chi connectivity index (χ0) is 13.0. The van der Waals surface area contributed by atoms with Crippen molar-refractivity contribution >= 4 is 11.6 Å². The van der Waals surface area contributed by atoms with Crippen molar-refractivity contribution < 1.29 is 4.79 Å². The molecule has 1 heterocycles. The van der Waals surface area contributed by atoms with E-state index in [2.05, 4.69) is 40.9 Å². The Morgan fingerprint density at radius 3 is 2.67 bits per heavy atom. The Bertz CT molecular complexity index is 470. The van der Waals surface area contributed by atoms with Crippen molar-refractivity contribution in [3.63, 3.8) is 0 Å². The highest BCUT2D eigenvalue weighted by Gasteiger charge is 2.22. The predicted molar refractivity (Wildman–Crippen MR) is 71.4 cm³/mol. The van der Waals surface area contributed by atoms with Crippen LogP contribution in [0.5, 0.6) is 0 Å². The minimum absolute atomic E-state index is 0.0234. The summed E-state index contributed by atoms with van der Waals surface area (Å²) in [6.45, 7) is 11.9. The van der Waals surface area contributed by atoms with Crippen molar-refractivity contribution in [3.8, 4) is 0 Å². The molecule has 94 valence electrons. The van der Waals surface area contributed by atoms with Crippen molar-refractivity contribution in [1.29, 1.82) is 0 Å². The third kappa shape index (κ3) is 2.80. The van der Waals surface area contributed by atoms with Crippen molar-refractivity contribution in [2.75, 3.05) is 37.6 Å². The molecule has 4 nitrogen and oxygen atoms in total. The number of carbonyl (C=O) groups excluding carboxylic acids is 1. The second-order valence-corrected chi connectivity index (χ2v) is 4.52. The lowest BCUT2D eigenvalue weighted by atomic mass is 10.2. The first-order chi connectivity index (χ1) is 8.70. The van der Waals surface area contributed by atoms with Crippen LogP contribution in [0.3, 0.4) is 0 Å². The topological polar surface area (TPSA) is 27.9 Å². The van der Waals surface area contributed by atoms with Crippen molar-refractivity contribution in [2.24, 2.45) is 0 Å². The zero-order valence-corrected chi connectivity index (χ0v) is 10.6. The number of aryl methyl sites for hydroxylation is 1. The molecule has 0 aliphatic carbocycles. The quantitative estimate of drug-likeness (QED) is 0.737. The SMILES string of the molecule is [C-]#[N+]CC(=O)N1CCN(c2cccc(C)c2)CC1. The summed E-state index contributed by atoms with van der Waals surface area (Å²) in [4.78, 5) is 18.8. The first-order valence-corrected chi connectivity index (χ1v) is 6.13. The minimum atomic E-state index is -0.0473. The molecule has 1 aromatic rings. The normalized spacial score (nSPS) is 15.3. The summed E-state index contributed by atoms with van der Waals surface area (Å²) >= 11 is 0. The largest absolute Gasteiger partial charge is 0.368 e. The van der Waals surface area contributed by atoms with Crippen LogP contribution in [0.1, 0.15) is 5.56 Å². The summed E-state index contributed by atoms with van der Waals surface area (Å²) in [7, 11) is 0. The second-order valence-electron chi connectivity index (χ2n) is 4.52. The molecule has 18 heavy (non-hydrogen) atoms. The number of anilines is 1. The van der Waals surface area contributed by atoms with Gasteiger partial charge in [-0.1, -0.05) is 12.1 Å². The van der Waals surface area contributed by atoms with Crippen molar-refractivity contribution in [2.45, 2.75) is 6.92 Å². The van der Waals surface area contributed by atoms with Crippen molar-refractivity contribution in [3.05, 3.63) is 41.2 Å². The molecule has 0 atom stereocenters. The highest BCUT2D eigenvalue weighted by molar-refractivity contribution is 5.80. The summed E-state index contributed by atoms with van der Waals surface area (Å²) < 4.78 is 0. The number of rotatable bonds is 2. The molecule has 0 saturated carbocycles. The minimum Gasteiger partial charge on any atom is -0.368 e. The maximum absolute atomic E-state index is 11.6. The van der Waals surface area contributed by atoms with Gasteiger partial charge in [-0.15, -0.1) is 0 Å². The average molecular weight is 243 g/mol. The van der Waals surface area contributed by atoms with E-state index in [0.29, 0.717) is 13.1 Å². The van der Waals surface area contributed by atoms with E-state index in [4.69, 9.17) is 6.57 Å². The Morgan fingerprint density at radius 1 is 1.33 bits per heavy atom. The van der Waals surface area contributed by atoms with E-state index in [-0.39, 0.29) is 12.5 Å². The number of hydrogen-bond acceptors (Lipinski definition) is 2. The molecule has 1 aliphatic rings. The van der Waals surface area contributed by atoms with Gasteiger partial charge in [-0.3, -0.25) is 4.79 Å². The summed E-state index contributed by atoms with van der Waals surface area (Å²) in [6.07, 6.45) is 0. The molecule has 0 aromatic heterocycles. The van der Waals surface area contributed by atoms with Gasteiger partial charge in [0.2, 0.25) is 0 Å². The highest BCUT2D eigenvalue weighted by atomic mass is 16.2. The maximum Gasteiger partial charge on any atom is 0.302 e. The van der Waals surface area contributed by atoms with E-state index in [1.807, 2.05) is 0 Å². The van der Waals surface area contributed by atoms with E-state index in [1.54, 1.807) is 4.90 Å². The Labute approximate surface area is 108 Å². The fraction of sp³-hybridized carbons (Fsp3) is 0.429. The van der Waals surface area contributed by atoms with E-state index >= 15 is 0 Å². The number of hydrogen-bond donors (Lipinski definition) is 0. The van der Waals surface area contributed by atoms with E-state index < -0.39 is 0 Å². The number of benzene rings is 1. The third-order valence-corrected chi connectivity index (χ3v) is 3.21. The Balaban J connectivity index is 1.95. The van der Waals surface area contributed by atoms with Gasteiger partial charge in [0.25, 0.3) is 6.54 Å². The van der Waals surface area contributed by atoms with Gasteiger partial charge in [0, 0.05) is 31.9 Å². The molecule has 0 unspecified atom stereocenters. The van der Waals surface area contributed by atoms with Crippen LogP contribution >= 0.6 is 0 Å². The Morgan fingerprint density at radius 2 is 2.06 bits per heavy atom. The van der Waals surface area contributed by atoms with Gasteiger partial charge in [-0.25, -0.2) is 6.57 Å². The van der Waals surface area contributed by atoms with Gasteiger partial charge in [0.15, 0.2) is 0 Å². The van der Waals surface area contributed by atoms with Crippen LogP contribution < -0.4 is 4.90 Å². The third-order valence-electron chi connectivity index (χ3n) is 3.21. The van der Waals surface area contributed by atoms with Crippen LogP contribution in [-0.2, 0) is 4.79 Å². The van der Waals surface area contributed by atoms with Gasteiger partial charge < -0.3 is 14.6 Å². The molecule has 0 spiro atoms. The van der Waals surface area contributed by atoms with Crippen molar-refractivity contribution in [1.82, 2.24) is 4.90 Å². The lowest BCUT2D eigenvalue weighted by Crippen LogP contribution is -2.49. The van der Waals surface area contributed by atoms with Gasteiger partial charge in [-0.05, 0) is 24.6 Å². The van der Waals surface area contributed by atoms with Gasteiger partial charge in [0.1, 0.15) is 0 Å². The summed E-state index contributed by atoms with van der Waals surface area (Å²) in [5.41, 5.74) is 2.46. The van der Waals surface area contributed by atoms with Crippen LogP contribution in [0.25, 0.3) is 4.85 Å². The highest BCUT2D eigenvalue weighted by Crippen LogP contribution is 2.17. The number of nitrogens with zero attached hydrogens (tertiary/aromatic N) is 3. The molecular formula is C14H17N3O. The molecule has 0 bridgehead atoms. The average Bonchev–Trinajstić information content (AvgIpc) is 2.39. The van der Waals surface area contributed by atoms with Crippen LogP contribution in [0, 0.1) is 13.5 Å². The first-order valence-electron chi connectivity index (χ1n) is 6.13. The molecule has 1 aliphatic heterocycles. The maximum atomic E-state index is 11.6. The standard InChI is InChI=1S/C14H17N3O/c1-12-4-3-5-13(10-12)16-6-8-17(9-7-16)14(18)11-15-2/h3-5,10H,6-9,11H2,1H3. The molecule has 2 rings (SSSR count). The number of amides is 1. The molecule has 1 aromatic carbocycles. The molecule has 0 radical (unpaired) electrons. The molecule has 0 N–H and O–H groups in total. The van der Waals surface area contributed by atoms with Crippen LogP contribution in [0.2, 0.25) is 0 Å². The van der Waals surface area contributed by atoms with Crippen LogP contribution in [0.15, 0.2) is 24.3 Å². The number of carbonyl (C=O) groups is 1. The Hall–Kier alpha value is -2.02. The number of piperazine rings is 1. The monoisotopic (exact) mass is 243 g/mol. The first kappa shape index (κ1) is 12.4. The van der Waals surface area contributed by atoms with Gasteiger partial charge in [-0.2, -0.15) is 0 Å². The van der Waals surface area contributed by atoms with E-state index in [9.17, 15) is 4.79 Å². The molecule has 1 fully saturated rings. The van der Waals surface area contributed by atoms with Gasteiger partial charge in [0.05, 0.1) is 0 Å². The van der Waals surface area contributed by atoms with Crippen LogP contribution in [-0.4, -0.2) is 43.5 Å². The zero-order valence-electron chi connectivity index (χ0n) is 10.6. The fourth-order valence-electron chi connectivity index (χ4n) is 2.21. The molecule has 1 saturated heterocycles. The molecule has 1 amide bonds. The molecule has 4 heteroatoms. The van der Waals surface area contributed by atoms with E-state index in [1.165, 1.54) is 11.3 Å².